The van der Waals surface area contributed by atoms with E-state index in [0.29, 0.717) is 16.5 Å². The van der Waals surface area contributed by atoms with Crippen LogP contribution in [0.2, 0.25) is 0 Å². The first-order valence-electron chi connectivity index (χ1n) is 5.16. The van der Waals surface area contributed by atoms with Crippen molar-refractivity contribution >= 4 is 22.3 Å². The standard InChI is InChI=1S/C11H8FN5S/c12-10-9(7-5-14-15-6-7)17-11(18-10)16-8-3-1-2-4-13-8/h1-6H,(H,14,15)(H,13,16,17). The van der Waals surface area contributed by atoms with Gasteiger partial charge in [-0.2, -0.15) is 9.49 Å². The van der Waals surface area contributed by atoms with Crippen LogP contribution in [0.4, 0.5) is 15.3 Å². The molecule has 90 valence electrons. The third-order valence-electron chi connectivity index (χ3n) is 2.26. The summed E-state index contributed by atoms with van der Waals surface area (Å²) in [5, 5.41) is 9.46. The molecular formula is C11H8FN5S. The Labute approximate surface area is 106 Å². The molecule has 2 N–H and O–H groups in total. The Morgan fingerprint density at radius 3 is 3.00 bits per heavy atom. The van der Waals surface area contributed by atoms with Crippen LogP contribution in [0.15, 0.2) is 36.8 Å². The van der Waals surface area contributed by atoms with E-state index in [1.54, 1.807) is 18.5 Å². The highest BCUT2D eigenvalue weighted by Gasteiger charge is 2.13. The second-order valence-electron chi connectivity index (χ2n) is 3.47. The van der Waals surface area contributed by atoms with Crippen molar-refractivity contribution in [3.05, 3.63) is 41.9 Å². The highest BCUT2D eigenvalue weighted by atomic mass is 32.1. The Kier molecular flexibility index (Phi) is 2.73. The maximum atomic E-state index is 13.7. The molecule has 18 heavy (non-hydrogen) atoms. The monoisotopic (exact) mass is 261 g/mol. The third kappa shape index (κ3) is 2.07. The van der Waals surface area contributed by atoms with Gasteiger partial charge in [0.15, 0.2) is 5.13 Å². The summed E-state index contributed by atoms with van der Waals surface area (Å²) in [7, 11) is 0. The number of anilines is 2. The lowest BCUT2D eigenvalue weighted by Crippen LogP contribution is -1.91. The van der Waals surface area contributed by atoms with Crippen molar-refractivity contribution in [2.45, 2.75) is 0 Å². The molecule has 3 heterocycles. The molecule has 0 saturated heterocycles. The summed E-state index contributed by atoms with van der Waals surface area (Å²) in [6.07, 6.45) is 4.79. The molecule has 0 aliphatic rings. The number of rotatable bonds is 3. The first kappa shape index (κ1) is 10.8. The first-order valence-corrected chi connectivity index (χ1v) is 5.98. The average Bonchev–Trinajstić information content (AvgIpc) is 3.00. The molecule has 0 fully saturated rings. The topological polar surface area (TPSA) is 66.5 Å². The summed E-state index contributed by atoms with van der Waals surface area (Å²) in [4.78, 5) is 8.27. The van der Waals surface area contributed by atoms with Crippen LogP contribution in [0.1, 0.15) is 0 Å². The summed E-state index contributed by atoms with van der Waals surface area (Å²) < 4.78 is 13.7. The molecule has 3 aromatic rings. The summed E-state index contributed by atoms with van der Waals surface area (Å²) >= 11 is 0.937. The normalized spacial score (nSPS) is 10.5. The van der Waals surface area contributed by atoms with Crippen LogP contribution >= 0.6 is 11.3 Å². The largest absolute Gasteiger partial charge is 0.316 e. The van der Waals surface area contributed by atoms with E-state index in [2.05, 4.69) is 25.5 Å². The van der Waals surface area contributed by atoms with Gasteiger partial charge in [-0.25, -0.2) is 9.97 Å². The summed E-state index contributed by atoms with van der Waals surface area (Å²) in [6.45, 7) is 0. The third-order valence-corrected chi connectivity index (χ3v) is 3.02. The summed E-state index contributed by atoms with van der Waals surface area (Å²) in [6, 6.07) is 5.44. The van der Waals surface area contributed by atoms with Crippen molar-refractivity contribution < 1.29 is 4.39 Å². The Morgan fingerprint density at radius 2 is 2.28 bits per heavy atom. The van der Waals surface area contributed by atoms with Crippen LogP contribution < -0.4 is 5.32 Å². The van der Waals surface area contributed by atoms with Crippen LogP contribution in [-0.2, 0) is 0 Å². The van der Waals surface area contributed by atoms with Gasteiger partial charge in [0.05, 0.1) is 6.20 Å². The van der Waals surface area contributed by atoms with Crippen LogP contribution in [-0.4, -0.2) is 20.2 Å². The molecule has 0 aliphatic carbocycles. The minimum atomic E-state index is -0.352. The quantitative estimate of drug-likeness (QED) is 0.760. The van der Waals surface area contributed by atoms with Crippen molar-refractivity contribution in [2.24, 2.45) is 0 Å². The molecule has 7 heteroatoms. The van der Waals surface area contributed by atoms with Gasteiger partial charge in [-0.15, -0.1) is 0 Å². The SMILES string of the molecule is Fc1sc(Nc2ccccn2)nc1-c1cn[nH]c1. The number of halogens is 1. The molecule has 0 atom stereocenters. The number of H-pyrrole nitrogens is 1. The van der Waals surface area contributed by atoms with Gasteiger partial charge in [0, 0.05) is 18.0 Å². The van der Waals surface area contributed by atoms with E-state index in [1.165, 1.54) is 6.20 Å². The molecular weight excluding hydrogens is 253 g/mol. The Balaban J connectivity index is 1.89. The number of aromatic amines is 1. The number of pyridine rings is 1. The van der Waals surface area contributed by atoms with Crippen molar-refractivity contribution in [1.29, 1.82) is 0 Å². The number of thiazole rings is 1. The van der Waals surface area contributed by atoms with Crippen molar-refractivity contribution in [1.82, 2.24) is 20.2 Å². The second-order valence-corrected chi connectivity index (χ2v) is 4.42. The number of hydrogen-bond acceptors (Lipinski definition) is 5. The van der Waals surface area contributed by atoms with Crippen molar-refractivity contribution in [3.63, 3.8) is 0 Å². The molecule has 0 amide bonds. The molecule has 0 unspecified atom stereocenters. The maximum Gasteiger partial charge on any atom is 0.206 e. The molecule has 0 aromatic carbocycles. The zero-order chi connectivity index (χ0) is 12.4. The second kappa shape index (κ2) is 4.53. The molecule has 0 radical (unpaired) electrons. The smallest absolute Gasteiger partial charge is 0.206 e. The zero-order valence-electron chi connectivity index (χ0n) is 9.09. The fourth-order valence-corrected chi connectivity index (χ4v) is 2.18. The molecule has 0 saturated carbocycles. The van der Waals surface area contributed by atoms with Gasteiger partial charge in [-0.3, -0.25) is 5.10 Å². The minimum absolute atomic E-state index is 0.284. The van der Waals surface area contributed by atoms with Gasteiger partial charge in [-0.1, -0.05) is 17.4 Å². The predicted molar refractivity (Wildman–Crippen MR) is 67.2 cm³/mol. The van der Waals surface area contributed by atoms with Gasteiger partial charge in [0.1, 0.15) is 11.5 Å². The van der Waals surface area contributed by atoms with Crippen LogP contribution in [0, 0.1) is 5.13 Å². The molecule has 0 bridgehead atoms. The lowest BCUT2D eigenvalue weighted by atomic mass is 10.3. The lowest BCUT2D eigenvalue weighted by Gasteiger charge is -1.98. The van der Waals surface area contributed by atoms with E-state index >= 15 is 0 Å². The first-order chi connectivity index (χ1) is 8.83. The van der Waals surface area contributed by atoms with Crippen LogP contribution in [0.5, 0.6) is 0 Å². The Bertz CT molecular complexity index is 635. The molecule has 0 spiro atoms. The van der Waals surface area contributed by atoms with Gasteiger partial charge in [-0.05, 0) is 12.1 Å². The van der Waals surface area contributed by atoms with E-state index in [4.69, 9.17) is 0 Å². The fraction of sp³-hybridized carbons (Fsp3) is 0. The van der Waals surface area contributed by atoms with Crippen LogP contribution in [0.25, 0.3) is 11.3 Å². The van der Waals surface area contributed by atoms with E-state index in [0.717, 1.165) is 11.3 Å². The number of aromatic nitrogens is 4. The highest BCUT2D eigenvalue weighted by Crippen LogP contribution is 2.30. The molecule has 5 nitrogen and oxygen atoms in total. The van der Waals surface area contributed by atoms with Gasteiger partial charge in [0.25, 0.3) is 0 Å². The maximum absolute atomic E-state index is 13.7. The average molecular weight is 261 g/mol. The van der Waals surface area contributed by atoms with Gasteiger partial charge >= 0.3 is 0 Å². The zero-order valence-corrected chi connectivity index (χ0v) is 9.91. The van der Waals surface area contributed by atoms with E-state index < -0.39 is 0 Å². The number of nitrogens with one attached hydrogen (secondary N) is 2. The molecule has 3 rings (SSSR count). The number of hydrogen-bond donors (Lipinski definition) is 2. The van der Waals surface area contributed by atoms with Crippen molar-refractivity contribution in [2.75, 3.05) is 5.32 Å². The fourth-order valence-electron chi connectivity index (χ4n) is 1.46. The van der Waals surface area contributed by atoms with E-state index in [9.17, 15) is 4.39 Å². The highest BCUT2D eigenvalue weighted by molar-refractivity contribution is 7.14. The van der Waals surface area contributed by atoms with E-state index in [-0.39, 0.29) is 10.8 Å². The summed E-state index contributed by atoms with van der Waals surface area (Å²) in [5.41, 5.74) is 0.907. The van der Waals surface area contributed by atoms with Crippen LogP contribution in [0.3, 0.4) is 0 Å². The Morgan fingerprint density at radius 1 is 1.33 bits per heavy atom. The van der Waals surface area contributed by atoms with E-state index in [1.807, 2.05) is 12.1 Å². The molecule has 0 aliphatic heterocycles. The lowest BCUT2D eigenvalue weighted by molar-refractivity contribution is 0.657. The number of nitrogens with zero attached hydrogens (tertiary/aromatic N) is 3. The van der Waals surface area contributed by atoms with Gasteiger partial charge in [0.2, 0.25) is 5.13 Å². The predicted octanol–water partition coefficient (Wildman–Crippen LogP) is 2.81. The summed E-state index contributed by atoms with van der Waals surface area (Å²) in [5.74, 6) is 0.630. The van der Waals surface area contributed by atoms with Crippen molar-refractivity contribution in [3.8, 4) is 11.3 Å². The molecule has 3 aromatic heterocycles. The Hall–Kier alpha value is -2.28. The minimum Gasteiger partial charge on any atom is -0.316 e. The van der Waals surface area contributed by atoms with Gasteiger partial charge < -0.3 is 5.32 Å².